The minimum absolute atomic E-state index is 0.0590. The lowest BCUT2D eigenvalue weighted by molar-refractivity contribution is 0.371. The average molecular weight is 393 g/mol. The molecule has 1 aromatic heterocycles. The van der Waals surface area contributed by atoms with Crippen molar-refractivity contribution >= 4 is 21.6 Å². The summed E-state index contributed by atoms with van der Waals surface area (Å²) in [5.41, 5.74) is 2.34. The van der Waals surface area contributed by atoms with Crippen LogP contribution in [0.15, 0.2) is 57.9 Å². The number of nitrogens with zero attached hydrogens (tertiary/aromatic N) is 2. The van der Waals surface area contributed by atoms with E-state index in [-0.39, 0.29) is 11.4 Å². The van der Waals surface area contributed by atoms with Crippen LogP contribution in [0.3, 0.4) is 0 Å². The maximum Gasteiger partial charge on any atom is 0.243 e. The van der Waals surface area contributed by atoms with E-state index in [0.717, 1.165) is 23.3 Å². The van der Waals surface area contributed by atoms with Gasteiger partial charge in [0, 0.05) is 22.7 Å². The molecule has 134 valence electrons. The Hall–Kier alpha value is -2.22. The molecular weight excluding hydrogens is 379 g/mol. The molecule has 0 saturated carbocycles. The second-order valence-electron chi connectivity index (χ2n) is 5.99. The van der Waals surface area contributed by atoms with Crippen LogP contribution >= 0.6 is 11.6 Å². The third-order valence-electron chi connectivity index (χ3n) is 4.36. The molecule has 2 aromatic carbocycles. The van der Waals surface area contributed by atoms with Gasteiger partial charge in [0.2, 0.25) is 10.0 Å². The first kappa shape index (κ1) is 17.2. The molecular formula is C18H14ClFN2O3S. The van der Waals surface area contributed by atoms with Crippen LogP contribution < -0.4 is 0 Å². The number of benzene rings is 2. The standard InChI is InChI=1S/C18H14ClFN2O3S/c19-13-3-1-12(2-4-13)18-16-9-10-22(11-17(16)21-25-18)26(23,24)15-7-5-14(20)6-8-15/h1-8H,9-11H2. The molecule has 8 heteroatoms. The van der Waals surface area contributed by atoms with Crippen LogP contribution in [0.1, 0.15) is 11.3 Å². The topological polar surface area (TPSA) is 63.4 Å². The maximum atomic E-state index is 13.1. The molecule has 1 aliphatic heterocycles. The molecule has 0 spiro atoms. The summed E-state index contributed by atoms with van der Waals surface area (Å²) in [6, 6.07) is 12.0. The van der Waals surface area contributed by atoms with E-state index in [4.69, 9.17) is 16.1 Å². The predicted molar refractivity (Wildman–Crippen MR) is 94.6 cm³/mol. The van der Waals surface area contributed by atoms with Crippen LogP contribution in [-0.4, -0.2) is 24.4 Å². The van der Waals surface area contributed by atoms with Gasteiger partial charge in [-0.05, 0) is 55.0 Å². The van der Waals surface area contributed by atoms with Crippen LogP contribution in [0.25, 0.3) is 11.3 Å². The normalized spacial score (nSPS) is 15.0. The first-order chi connectivity index (χ1) is 12.4. The van der Waals surface area contributed by atoms with Crippen molar-refractivity contribution in [3.05, 3.63) is 70.6 Å². The molecule has 0 unspecified atom stereocenters. The summed E-state index contributed by atoms with van der Waals surface area (Å²) in [5.74, 6) is 0.157. The van der Waals surface area contributed by atoms with E-state index in [1.807, 2.05) is 12.1 Å². The summed E-state index contributed by atoms with van der Waals surface area (Å²) >= 11 is 5.91. The maximum absolute atomic E-state index is 13.1. The number of sulfonamides is 1. The van der Waals surface area contributed by atoms with Gasteiger partial charge in [0.05, 0.1) is 11.4 Å². The van der Waals surface area contributed by atoms with Crippen molar-refractivity contribution in [1.82, 2.24) is 9.46 Å². The van der Waals surface area contributed by atoms with Crippen LogP contribution in [0.2, 0.25) is 5.02 Å². The summed E-state index contributed by atoms with van der Waals surface area (Å²) in [6.45, 7) is 0.417. The minimum Gasteiger partial charge on any atom is -0.356 e. The van der Waals surface area contributed by atoms with Crippen LogP contribution in [0.4, 0.5) is 4.39 Å². The molecule has 0 aliphatic carbocycles. The molecule has 2 heterocycles. The summed E-state index contributed by atoms with van der Waals surface area (Å²) < 4.78 is 45.4. The molecule has 3 aromatic rings. The van der Waals surface area contributed by atoms with Crippen molar-refractivity contribution in [2.24, 2.45) is 0 Å². The van der Waals surface area contributed by atoms with Gasteiger partial charge < -0.3 is 4.52 Å². The first-order valence-electron chi connectivity index (χ1n) is 7.94. The summed E-state index contributed by atoms with van der Waals surface area (Å²) in [6.07, 6.45) is 0.483. The van der Waals surface area contributed by atoms with Gasteiger partial charge in [-0.25, -0.2) is 12.8 Å². The Morgan fingerprint density at radius 2 is 1.77 bits per heavy atom. The zero-order valence-electron chi connectivity index (χ0n) is 13.5. The molecule has 1 aliphatic rings. The second kappa shape index (κ2) is 6.50. The Labute approximate surface area is 155 Å². The lowest BCUT2D eigenvalue weighted by Gasteiger charge is -2.25. The van der Waals surface area contributed by atoms with Crippen molar-refractivity contribution in [2.75, 3.05) is 6.54 Å². The van der Waals surface area contributed by atoms with Gasteiger partial charge in [0.15, 0.2) is 5.76 Å². The van der Waals surface area contributed by atoms with Gasteiger partial charge in [0.1, 0.15) is 11.5 Å². The van der Waals surface area contributed by atoms with E-state index >= 15 is 0 Å². The second-order valence-corrected chi connectivity index (χ2v) is 8.36. The average Bonchev–Trinajstić information content (AvgIpc) is 3.06. The summed E-state index contributed by atoms with van der Waals surface area (Å²) in [7, 11) is -3.71. The number of fused-ring (bicyclic) bond motifs is 1. The Morgan fingerprint density at radius 3 is 2.46 bits per heavy atom. The van der Waals surface area contributed by atoms with E-state index in [1.165, 1.54) is 16.4 Å². The van der Waals surface area contributed by atoms with Crippen molar-refractivity contribution in [1.29, 1.82) is 0 Å². The fourth-order valence-electron chi connectivity index (χ4n) is 3.00. The molecule has 0 atom stereocenters. The van der Waals surface area contributed by atoms with Crippen LogP contribution in [0.5, 0.6) is 0 Å². The number of rotatable bonds is 3. The molecule has 0 amide bonds. The minimum atomic E-state index is -3.71. The third kappa shape index (κ3) is 3.02. The zero-order chi connectivity index (χ0) is 18.3. The number of hydrogen-bond donors (Lipinski definition) is 0. The lowest BCUT2D eigenvalue weighted by Crippen LogP contribution is -2.36. The van der Waals surface area contributed by atoms with Gasteiger partial charge >= 0.3 is 0 Å². The van der Waals surface area contributed by atoms with Crippen molar-refractivity contribution in [3.63, 3.8) is 0 Å². The quantitative estimate of drug-likeness (QED) is 0.678. The number of hydrogen-bond acceptors (Lipinski definition) is 4. The highest BCUT2D eigenvalue weighted by Crippen LogP contribution is 2.32. The highest BCUT2D eigenvalue weighted by molar-refractivity contribution is 7.89. The molecule has 0 fully saturated rings. The Bertz CT molecular complexity index is 1050. The van der Waals surface area contributed by atoms with Crippen LogP contribution in [-0.2, 0) is 23.0 Å². The lowest BCUT2D eigenvalue weighted by atomic mass is 10.0. The predicted octanol–water partition coefficient (Wildman–Crippen LogP) is 3.88. The monoisotopic (exact) mass is 392 g/mol. The molecule has 0 saturated heterocycles. The summed E-state index contributed by atoms with van der Waals surface area (Å²) in [4.78, 5) is 0.0590. The number of aromatic nitrogens is 1. The molecule has 0 N–H and O–H groups in total. The molecule has 0 bridgehead atoms. The van der Waals surface area contributed by atoms with Crippen molar-refractivity contribution in [2.45, 2.75) is 17.9 Å². The molecule has 0 radical (unpaired) electrons. The molecule has 26 heavy (non-hydrogen) atoms. The van der Waals surface area contributed by atoms with E-state index in [2.05, 4.69) is 5.16 Å². The Kier molecular flexibility index (Phi) is 4.30. The molecule has 5 nitrogen and oxygen atoms in total. The zero-order valence-corrected chi connectivity index (χ0v) is 15.1. The van der Waals surface area contributed by atoms with Gasteiger partial charge in [-0.1, -0.05) is 16.8 Å². The largest absolute Gasteiger partial charge is 0.356 e. The van der Waals surface area contributed by atoms with Crippen molar-refractivity contribution < 1.29 is 17.3 Å². The fraction of sp³-hybridized carbons (Fsp3) is 0.167. The Balaban J connectivity index is 1.63. The van der Waals surface area contributed by atoms with E-state index in [0.29, 0.717) is 29.4 Å². The van der Waals surface area contributed by atoms with Crippen LogP contribution in [0, 0.1) is 5.82 Å². The highest BCUT2D eigenvalue weighted by Gasteiger charge is 2.32. The van der Waals surface area contributed by atoms with Gasteiger partial charge in [-0.2, -0.15) is 4.31 Å². The third-order valence-corrected chi connectivity index (χ3v) is 6.48. The van der Waals surface area contributed by atoms with E-state index < -0.39 is 15.8 Å². The highest BCUT2D eigenvalue weighted by atomic mass is 35.5. The van der Waals surface area contributed by atoms with Gasteiger partial charge in [0.25, 0.3) is 0 Å². The van der Waals surface area contributed by atoms with E-state index in [1.54, 1.807) is 12.1 Å². The van der Waals surface area contributed by atoms with Gasteiger partial charge in [-0.3, -0.25) is 0 Å². The van der Waals surface area contributed by atoms with E-state index in [9.17, 15) is 12.8 Å². The Morgan fingerprint density at radius 1 is 1.08 bits per heavy atom. The number of halogens is 2. The fourth-order valence-corrected chi connectivity index (χ4v) is 4.52. The SMILES string of the molecule is O=S(=O)(c1ccc(F)cc1)N1CCc2c(noc2-c2ccc(Cl)cc2)C1. The first-order valence-corrected chi connectivity index (χ1v) is 9.76. The molecule has 4 rings (SSSR count). The van der Waals surface area contributed by atoms with Gasteiger partial charge in [-0.15, -0.1) is 0 Å². The summed E-state index contributed by atoms with van der Waals surface area (Å²) in [5, 5.41) is 4.68. The smallest absolute Gasteiger partial charge is 0.243 e. The van der Waals surface area contributed by atoms with Crippen molar-refractivity contribution in [3.8, 4) is 11.3 Å².